The zero-order valence-corrected chi connectivity index (χ0v) is 16.9. The molecule has 0 fully saturated rings. The monoisotopic (exact) mass is 407 g/mol. The van der Waals surface area contributed by atoms with Gasteiger partial charge in [-0.05, 0) is 29.3 Å². The molecule has 2 aliphatic rings. The number of allylic oxidation sites excluding steroid dienone is 2. The molecule has 3 heterocycles. The predicted octanol–water partition coefficient (Wildman–Crippen LogP) is 4.02. The number of benzene rings is 2. The molecule has 0 saturated carbocycles. The minimum atomic E-state index is -0.0878. The van der Waals surface area contributed by atoms with Gasteiger partial charge in [-0.15, -0.1) is 0 Å². The molecule has 0 spiro atoms. The number of amides is 1. The Bertz CT molecular complexity index is 1250. The van der Waals surface area contributed by atoms with Crippen LogP contribution in [0, 0.1) is 0 Å². The van der Waals surface area contributed by atoms with E-state index in [1.165, 1.54) is 0 Å². The highest BCUT2D eigenvalue weighted by molar-refractivity contribution is 6.17. The Morgan fingerprint density at radius 2 is 1.94 bits per heavy atom. The van der Waals surface area contributed by atoms with Crippen molar-refractivity contribution in [3.63, 3.8) is 0 Å². The summed E-state index contributed by atoms with van der Waals surface area (Å²) in [4.78, 5) is 21.5. The summed E-state index contributed by atoms with van der Waals surface area (Å²) in [6.07, 6.45) is 10.3. The highest BCUT2D eigenvalue weighted by Gasteiger charge is 2.19. The second-order valence-corrected chi connectivity index (χ2v) is 7.46. The number of hydrogen-bond acceptors (Lipinski definition) is 4. The number of carbonyl (C=O) groups is 1. The largest absolute Gasteiger partial charge is 0.348 e. The van der Waals surface area contributed by atoms with Gasteiger partial charge in [0.2, 0.25) is 0 Å². The van der Waals surface area contributed by atoms with Crippen LogP contribution in [0.25, 0.3) is 5.70 Å². The Morgan fingerprint density at radius 3 is 2.84 bits per heavy atom. The van der Waals surface area contributed by atoms with Crippen LogP contribution in [0.2, 0.25) is 0 Å². The lowest BCUT2D eigenvalue weighted by Crippen LogP contribution is -2.22. The Hall–Kier alpha value is -4.06. The van der Waals surface area contributed by atoms with E-state index in [4.69, 9.17) is 0 Å². The number of carbonyl (C=O) groups excluding carboxylic acids is 1. The number of nitrogens with one attached hydrogen (secondary N) is 1. The molecule has 0 atom stereocenters. The normalized spacial score (nSPS) is 14.5. The topological polar surface area (TPSA) is 71.6 Å². The van der Waals surface area contributed by atoms with Crippen LogP contribution in [0.5, 0.6) is 0 Å². The second-order valence-electron chi connectivity index (χ2n) is 7.46. The van der Waals surface area contributed by atoms with Gasteiger partial charge in [0.1, 0.15) is 0 Å². The summed E-state index contributed by atoms with van der Waals surface area (Å²) in [6.45, 7) is 1.08. The molecule has 5 rings (SSSR count). The fraction of sp³-hybridized carbons (Fsp3) is 0.120. The van der Waals surface area contributed by atoms with Crippen LogP contribution >= 0.6 is 0 Å². The molecule has 0 unspecified atom stereocenters. The summed E-state index contributed by atoms with van der Waals surface area (Å²) in [5.41, 5.74) is 6.70. The van der Waals surface area contributed by atoms with Crippen LogP contribution in [0.15, 0.2) is 94.8 Å². The summed E-state index contributed by atoms with van der Waals surface area (Å²) in [5, 5.41) is 7.47. The van der Waals surface area contributed by atoms with Crippen molar-refractivity contribution in [2.75, 3.05) is 0 Å². The minimum absolute atomic E-state index is 0.0878. The molecule has 1 aromatic heterocycles. The highest BCUT2D eigenvalue weighted by Crippen LogP contribution is 2.28. The lowest BCUT2D eigenvalue weighted by Gasteiger charge is -2.10. The first-order chi connectivity index (χ1) is 15.3. The smallest absolute Gasteiger partial charge is 0.251 e. The van der Waals surface area contributed by atoms with Crippen LogP contribution in [-0.2, 0) is 13.1 Å². The molecular formula is C25H21N5O. The van der Waals surface area contributed by atoms with Crippen molar-refractivity contribution in [1.82, 2.24) is 15.1 Å². The lowest BCUT2D eigenvalue weighted by atomic mass is 10.0. The van der Waals surface area contributed by atoms with Gasteiger partial charge >= 0.3 is 0 Å². The molecule has 152 valence electrons. The second kappa shape index (κ2) is 8.36. The van der Waals surface area contributed by atoms with Crippen LogP contribution < -0.4 is 5.32 Å². The summed E-state index contributed by atoms with van der Waals surface area (Å²) in [5.74, 6) is -0.0878. The fourth-order valence-electron chi connectivity index (χ4n) is 3.72. The first kappa shape index (κ1) is 18.9. The van der Waals surface area contributed by atoms with Crippen molar-refractivity contribution in [1.29, 1.82) is 0 Å². The maximum Gasteiger partial charge on any atom is 0.251 e. The third-order valence-corrected chi connectivity index (χ3v) is 5.28. The molecule has 2 aromatic carbocycles. The quantitative estimate of drug-likeness (QED) is 0.670. The molecule has 6 nitrogen and oxygen atoms in total. The molecular weight excluding hydrogens is 386 g/mol. The molecule has 0 aliphatic carbocycles. The van der Waals surface area contributed by atoms with E-state index in [1.807, 2.05) is 90.2 Å². The van der Waals surface area contributed by atoms with Gasteiger partial charge < -0.3 is 5.32 Å². The van der Waals surface area contributed by atoms with Crippen LogP contribution in [-0.4, -0.2) is 27.6 Å². The predicted molar refractivity (Wildman–Crippen MR) is 122 cm³/mol. The van der Waals surface area contributed by atoms with E-state index >= 15 is 0 Å². The minimum Gasteiger partial charge on any atom is -0.348 e. The Labute approximate surface area is 180 Å². The summed E-state index contributed by atoms with van der Waals surface area (Å²) < 4.78 is 1.86. The van der Waals surface area contributed by atoms with Gasteiger partial charge in [-0.1, -0.05) is 42.5 Å². The molecule has 6 heteroatoms. The summed E-state index contributed by atoms with van der Waals surface area (Å²) in [7, 11) is 0. The number of rotatable bonds is 6. The van der Waals surface area contributed by atoms with Gasteiger partial charge in [0.25, 0.3) is 5.91 Å². The van der Waals surface area contributed by atoms with E-state index in [1.54, 1.807) is 0 Å². The first-order valence-corrected chi connectivity index (χ1v) is 10.2. The SMILES string of the molecule is O=C(NCc1ccccc1)c1cccc(Cn2cc(C3=C4C=CN=C4CC=N3)cn2)c1. The van der Waals surface area contributed by atoms with Crippen molar-refractivity contribution in [2.24, 2.45) is 9.98 Å². The fourth-order valence-corrected chi connectivity index (χ4v) is 3.72. The standard InChI is InChI=1S/C25H21N5O/c31-25(28-14-18-5-2-1-3-6-18)20-8-4-7-19(13-20)16-30-17-21(15-29-30)24-22-9-11-26-23(22)10-12-27-24/h1-9,11-13,15,17H,10,14,16H2,(H,28,31). The molecule has 0 saturated heterocycles. The van der Waals surface area contributed by atoms with E-state index in [0.29, 0.717) is 18.7 Å². The Morgan fingerprint density at radius 1 is 1.06 bits per heavy atom. The average molecular weight is 407 g/mol. The van der Waals surface area contributed by atoms with E-state index in [0.717, 1.165) is 40.1 Å². The van der Waals surface area contributed by atoms with Gasteiger partial charge in [-0.25, -0.2) is 0 Å². The molecule has 3 aromatic rings. The van der Waals surface area contributed by atoms with E-state index in [-0.39, 0.29) is 5.91 Å². The molecule has 0 bridgehead atoms. The van der Waals surface area contributed by atoms with Crippen molar-refractivity contribution >= 4 is 23.5 Å². The van der Waals surface area contributed by atoms with Gasteiger partial charge in [-0.3, -0.25) is 19.5 Å². The molecule has 1 N–H and O–H groups in total. The van der Waals surface area contributed by atoms with Crippen LogP contribution in [0.4, 0.5) is 0 Å². The third kappa shape index (κ3) is 4.14. The van der Waals surface area contributed by atoms with Gasteiger partial charge in [0.05, 0.1) is 24.2 Å². The number of nitrogens with zero attached hydrogens (tertiary/aromatic N) is 4. The zero-order chi connectivity index (χ0) is 21.0. The van der Waals surface area contributed by atoms with E-state index in [2.05, 4.69) is 20.4 Å². The summed E-state index contributed by atoms with van der Waals surface area (Å²) >= 11 is 0. The maximum absolute atomic E-state index is 12.6. The molecule has 1 amide bonds. The van der Waals surface area contributed by atoms with Gasteiger partial charge in [0, 0.05) is 48.3 Å². The van der Waals surface area contributed by atoms with Crippen molar-refractivity contribution in [3.05, 3.63) is 107 Å². The first-order valence-electron chi connectivity index (χ1n) is 10.2. The molecule has 2 aliphatic heterocycles. The Balaban J connectivity index is 1.28. The number of aromatic nitrogens is 2. The van der Waals surface area contributed by atoms with Crippen LogP contribution in [0.1, 0.15) is 33.5 Å². The van der Waals surface area contributed by atoms with E-state index in [9.17, 15) is 4.79 Å². The van der Waals surface area contributed by atoms with E-state index < -0.39 is 0 Å². The van der Waals surface area contributed by atoms with Gasteiger partial charge in [-0.2, -0.15) is 5.10 Å². The molecule has 0 radical (unpaired) electrons. The van der Waals surface area contributed by atoms with Crippen molar-refractivity contribution < 1.29 is 4.79 Å². The number of fused-ring (bicyclic) bond motifs is 1. The molecule has 31 heavy (non-hydrogen) atoms. The maximum atomic E-state index is 12.6. The van der Waals surface area contributed by atoms with Crippen molar-refractivity contribution in [3.8, 4) is 0 Å². The Kier molecular flexibility index (Phi) is 5.10. The average Bonchev–Trinajstić information content (AvgIpc) is 3.48. The lowest BCUT2D eigenvalue weighted by molar-refractivity contribution is 0.0951. The number of aliphatic imine (C=N–C) groups is 2. The third-order valence-electron chi connectivity index (χ3n) is 5.28. The van der Waals surface area contributed by atoms with Crippen LogP contribution in [0.3, 0.4) is 0 Å². The highest BCUT2D eigenvalue weighted by atomic mass is 16.1. The summed E-state index contributed by atoms with van der Waals surface area (Å²) in [6, 6.07) is 17.5. The zero-order valence-electron chi connectivity index (χ0n) is 16.9. The van der Waals surface area contributed by atoms with Crippen molar-refractivity contribution in [2.45, 2.75) is 19.5 Å². The number of hydrogen-bond donors (Lipinski definition) is 1. The van der Waals surface area contributed by atoms with Gasteiger partial charge in [0.15, 0.2) is 0 Å².